The summed E-state index contributed by atoms with van der Waals surface area (Å²) in [4.78, 5) is 27.3. The van der Waals surface area contributed by atoms with Crippen molar-refractivity contribution in [1.82, 2.24) is 4.90 Å². The third-order valence-electron chi connectivity index (χ3n) is 5.42. The number of amides is 2. The number of morpholine rings is 1. The summed E-state index contributed by atoms with van der Waals surface area (Å²) in [7, 11) is 0. The first kappa shape index (κ1) is 19.8. The van der Waals surface area contributed by atoms with E-state index >= 15 is 0 Å². The number of hydrogen-bond acceptors (Lipinski definition) is 5. The summed E-state index contributed by atoms with van der Waals surface area (Å²) in [6.45, 7) is 6.51. The first-order chi connectivity index (χ1) is 12.9. The molecule has 0 saturated carbocycles. The molecule has 7 heteroatoms. The van der Waals surface area contributed by atoms with Crippen LogP contribution in [-0.4, -0.2) is 61.8 Å². The topological polar surface area (TPSA) is 93.9 Å². The Hall–Kier alpha value is -1.96. The maximum absolute atomic E-state index is 12.7. The molecule has 2 heterocycles. The molecule has 148 valence electrons. The predicted molar refractivity (Wildman–Crippen MR) is 103 cm³/mol. The van der Waals surface area contributed by atoms with Crippen molar-refractivity contribution in [3.63, 3.8) is 0 Å². The average Bonchev–Trinajstić information content (AvgIpc) is 2.67. The maximum Gasteiger partial charge on any atom is 0.254 e. The van der Waals surface area contributed by atoms with Crippen LogP contribution in [0.3, 0.4) is 0 Å². The van der Waals surface area contributed by atoms with Crippen molar-refractivity contribution >= 4 is 17.5 Å². The maximum atomic E-state index is 12.7. The molecular formula is C20H29N3O4. The van der Waals surface area contributed by atoms with Gasteiger partial charge in [-0.2, -0.15) is 0 Å². The van der Waals surface area contributed by atoms with E-state index in [0.29, 0.717) is 56.9 Å². The summed E-state index contributed by atoms with van der Waals surface area (Å²) < 4.78 is 11.0. The van der Waals surface area contributed by atoms with E-state index < -0.39 is 5.41 Å². The summed E-state index contributed by atoms with van der Waals surface area (Å²) in [5.41, 5.74) is 6.58. The zero-order chi connectivity index (χ0) is 19.4. The Morgan fingerprint density at radius 2 is 1.74 bits per heavy atom. The summed E-state index contributed by atoms with van der Waals surface area (Å²) in [5.74, 6) is -0.0964. The molecule has 2 unspecified atom stereocenters. The van der Waals surface area contributed by atoms with Gasteiger partial charge in [0.1, 0.15) is 0 Å². The van der Waals surface area contributed by atoms with Gasteiger partial charge < -0.3 is 25.4 Å². The molecule has 0 radical (unpaired) electrons. The third kappa shape index (κ3) is 4.48. The molecule has 0 spiro atoms. The van der Waals surface area contributed by atoms with E-state index in [1.807, 2.05) is 18.7 Å². The molecule has 3 rings (SSSR count). The lowest BCUT2D eigenvalue weighted by atomic mass is 9.79. The molecule has 1 aromatic rings. The lowest BCUT2D eigenvalue weighted by molar-refractivity contribution is -0.130. The zero-order valence-electron chi connectivity index (χ0n) is 16.1. The van der Waals surface area contributed by atoms with Gasteiger partial charge in [-0.3, -0.25) is 9.59 Å². The van der Waals surface area contributed by atoms with Crippen LogP contribution in [0.15, 0.2) is 24.3 Å². The second-order valence-electron chi connectivity index (χ2n) is 7.60. The highest BCUT2D eigenvalue weighted by Crippen LogP contribution is 2.31. The van der Waals surface area contributed by atoms with Gasteiger partial charge in [-0.05, 0) is 51.0 Å². The summed E-state index contributed by atoms with van der Waals surface area (Å²) in [6, 6.07) is 7.04. The Bertz CT molecular complexity index is 660. The fourth-order valence-electron chi connectivity index (χ4n) is 3.77. The fraction of sp³-hybridized carbons (Fsp3) is 0.600. The lowest BCUT2D eigenvalue weighted by Crippen LogP contribution is -2.48. The normalized spacial score (nSPS) is 25.1. The van der Waals surface area contributed by atoms with Gasteiger partial charge >= 0.3 is 0 Å². The van der Waals surface area contributed by atoms with Crippen molar-refractivity contribution in [1.29, 1.82) is 0 Å². The Morgan fingerprint density at radius 3 is 2.30 bits per heavy atom. The third-order valence-corrected chi connectivity index (χ3v) is 5.42. The summed E-state index contributed by atoms with van der Waals surface area (Å²) in [5, 5.41) is 2.94. The van der Waals surface area contributed by atoms with Crippen molar-refractivity contribution in [2.45, 2.75) is 38.9 Å². The highest BCUT2D eigenvalue weighted by atomic mass is 16.5. The summed E-state index contributed by atoms with van der Waals surface area (Å²) in [6.07, 6.45) is 1.31. The highest BCUT2D eigenvalue weighted by molar-refractivity contribution is 5.97. The second kappa shape index (κ2) is 8.37. The highest BCUT2D eigenvalue weighted by Gasteiger charge is 2.38. The van der Waals surface area contributed by atoms with Crippen LogP contribution < -0.4 is 11.1 Å². The largest absolute Gasteiger partial charge is 0.381 e. The van der Waals surface area contributed by atoms with E-state index in [2.05, 4.69) is 5.32 Å². The molecule has 2 fully saturated rings. The first-order valence-corrected chi connectivity index (χ1v) is 9.57. The number of rotatable bonds is 4. The molecule has 0 aromatic heterocycles. The molecule has 7 nitrogen and oxygen atoms in total. The molecule has 27 heavy (non-hydrogen) atoms. The minimum atomic E-state index is -0.577. The van der Waals surface area contributed by atoms with Crippen LogP contribution in [0.25, 0.3) is 0 Å². The van der Waals surface area contributed by atoms with E-state index in [1.54, 1.807) is 24.3 Å². The van der Waals surface area contributed by atoms with Crippen LogP contribution in [0.1, 0.15) is 37.0 Å². The van der Waals surface area contributed by atoms with Gasteiger partial charge in [0.2, 0.25) is 5.91 Å². The molecule has 2 amide bonds. The molecule has 2 atom stereocenters. The zero-order valence-corrected chi connectivity index (χ0v) is 16.1. The van der Waals surface area contributed by atoms with Gasteiger partial charge in [-0.15, -0.1) is 0 Å². The molecule has 1 aromatic carbocycles. The minimum absolute atomic E-state index is 0.0160. The van der Waals surface area contributed by atoms with Crippen molar-refractivity contribution in [3.8, 4) is 0 Å². The predicted octanol–water partition coefficient (Wildman–Crippen LogP) is 1.63. The molecular weight excluding hydrogens is 346 g/mol. The lowest BCUT2D eigenvalue weighted by Gasteiger charge is -2.35. The van der Waals surface area contributed by atoms with Crippen molar-refractivity contribution < 1.29 is 19.1 Å². The van der Waals surface area contributed by atoms with Gasteiger partial charge in [0.15, 0.2) is 0 Å². The average molecular weight is 375 g/mol. The number of carbonyl (C=O) groups excluding carboxylic acids is 2. The Morgan fingerprint density at radius 1 is 1.15 bits per heavy atom. The smallest absolute Gasteiger partial charge is 0.254 e. The second-order valence-corrected chi connectivity index (χ2v) is 7.60. The van der Waals surface area contributed by atoms with Crippen molar-refractivity contribution in [2.75, 3.05) is 38.2 Å². The number of ether oxygens (including phenoxy) is 2. The Balaban J connectivity index is 1.64. The SMILES string of the molecule is CC1CN(C(=O)c2ccc(NC(=O)C3(CN)CCOCC3)cc2)CC(C)O1. The van der Waals surface area contributed by atoms with Crippen molar-refractivity contribution in [3.05, 3.63) is 29.8 Å². The van der Waals surface area contributed by atoms with E-state index in [4.69, 9.17) is 15.2 Å². The monoisotopic (exact) mass is 375 g/mol. The van der Waals surface area contributed by atoms with E-state index in [9.17, 15) is 9.59 Å². The number of anilines is 1. The number of carbonyl (C=O) groups is 2. The van der Waals surface area contributed by atoms with Crippen molar-refractivity contribution in [2.24, 2.45) is 11.1 Å². The number of nitrogens with one attached hydrogen (secondary N) is 1. The van der Waals surface area contributed by atoms with E-state index in [0.717, 1.165) is 0 Å². The van der Waals surface area contributed by atoms with Gasteiger partial charge in [0.05, 0.1) is 17.6 Å². The minimum Gasteiger partial charge on any atom is -0.381 e. The van der Waals surface area contributed by atoms with Crippen LogP contribution in [-0.2, 0) is 14.3 Å². The van der Waals surface area contributed by atoms with Crippen LogP contribution in [0.5, 0.6) is 0 Å². The molecule has 0 aliphatic carbocycles. The van der Waals surface area contributed by atoms with E-state index in [1.165, 1.54) is 0 Å². The number of benzene rings is 1. The molecule has 2 aliphatic heterocycles. The van der Waals surface area contributed by atoms with Gasteiger partial charge in [-0.25, -0.2) is 0 Å². The quantitative estimate of drug-likeness (QED) is 0.834. The first-order valence-electron chi connectivity index (χ1n) is 9.57. The number of nitrogens with zero attached hydrogens (tertiary/aromatic N) is 1. The van der Waals surface area contributed by atoms with E-state index in [-0.39, 0.29) is 24.0 Å². The summed E-state index contributed by atoms with van der Waals surface area (Å²) >= 11 is 0. The molecule has 0 bridgehead atoms. The Labute approximate surface area is 160 Å². The van der Waals surface area contributed by atoms with Gasteiger partial charge in [0, 0.05) is 44.1 Å². The fourth-order valence-corrected chi connectivity index (χ4v) is 3.77. The van der Waals surface area contributed by atoms with Crippen LogP contribution in [0.2, 0.25) is 0 Å². The molecule has 3 N–H and O–H groups in total. The molecule has 2 saturated heterocycles. The van der Waals surface area contributed by atoms with Crippen LogP contribution >= 0.6 is 0 Å². The standard InChI is InChI=1S/C20H29N3O4/c1-14-11-23(12-15(2)27-14)18(24)16-3-5-17(6-4-16)22-19(25)20(13-21)7-9-26-10-8-20/h3-6,14-15H,7-13,21H2,1-2H3,(H,22,25). The van der Waals surface area contributed by atoms with Crippen LogP contribution in [0.4, 0.5) is 5.69 Å². The van der Waals surface area contributed by atoms with Gasteiger partial charge in [-0.1, -0.05) is 0 Å². The molecule has 2 aliphatic rings. The van der Waals surface area contributed by atoms with Gasteiger partial charge in [0.25, 0.3) is 5.91 Å². The number of nitrogens with two attached hydrogens (primary N) is 1. The Kier molecular flexibility index (Phi) is 6.14. The number of hydrogen-bond donors (Lipinski definition) is 2. The van der Waals surface area contributed by atoms with Crippen LogP contribution in [0, 0.1) is 5.41 Å².